The summed E-state index contributed by atoms with van der Waals surface area (Å²) in [5.41, 5.74) is 1.72. The van der Waals surface area contributed by atoms with E-state index in [0.717, 1.165) is 16.7 Å². The van der Waals surface area contributed by atoms with E-state index in [-0.39, 0.29) is 13.2 Å². The lowest BCUT2D eigenvalue weighted by Gasteiger charge is -2.42. The Morgan fingerprint density at radius 3 is 1.50 bits per heavy atom. The molecule has 0 aromatic heterocycles. The maximum atomic E-state index is 10.7. The summed E-state index contributed by atoms with van der Waals surface area (Å²) in [5.74, 6) is 0. The zero-order chi connectivity index (χ0) is 24.0. The molecule has 0 amide bonds. The van der Waals surface area contributed by atoms with Crippen LogP contribution in [0.2, 0.25) is 0 Å². The summed E-state index contributed by atoms with van der Waals surface area (Å²) >= 11 is 0. The van der Waals surface area contributed by atoms with Crippen LogP contribution in [-0.2, 0) is 19.8 Å². The molecule has 1 fully saturated rings. The fourth-order valence-electron chi connectivity index (χ4n) is 4.44. The van der Waals surface area contributed by atoms with Gasteiger partial charge in [0.1, 0.15) is 42.7 Å². The normalized spacial score (nSPS) is 25.0. The maximum Gasteiger partial charge on any atom is 0.143 e. The molecular weight excluding hydrogens is 432 g/mol. The summed E-state index contributed by atoms with van der Waals surface area (Å²) in [4.78, 5) is 0. The molecule has 5 atom stereocenters. The second-order valence-corrected chi connectivity index (χ2v) is 8.28. The molecule has 1 aliphatic heterocycles. The summed E-state index contributed by atoms with van der Waals surface area (Å²) in [6, 6.07) is 29.5. The Morgan fingerprint density at radius 1 is 0.676 bits per heavy atom. The van der Waals surface area contributed by atoms with Crippen LogP contribution in [0.5, 0.6) is 0 Å². The van der Waals surface area contributed by atoms with Crippen molar-refractivity contribution < 1.29 is 29.5 Å². The molecule has 6 nitrogen and oxygen atoms in total. The molecular formula is C28H30O6. The molecule has 3 aromatic carbocycles. The third-order valence-electron chi connectivity index (χ3n) is 6.19. The van der Waals surface area contributed by atoms with Crippen molar-refractivity contribution in [2.24, 2.45) is 0 Å². The van der Waals surface area contributed by atoms with Gasteiger partial charge in [0.05, 0.1) is 12.9 Å². The summed E-state index contributed by atoms with van der Waals surface area (Å²) < 4.78 is 17.8. The molecule has 0 aliphatic carbocycles. The summed E-state index contributed by atoms with van der Waals surface area (Å²) in [6.07, 6.45) is -4.54. The monoisotopic (exact) mass is 462 g/mol. The van der Waals surface area contributed by atoms with Crippen LogP contribution >= 0.6 is 0 Å². The van der Waals surface area contributed by atoms with Crippen LogP contribution in [0.15, 0.2) is 104 Å². The zero-order valence-electron chi connectivity index (χ0n) is 18.8. The highest BCUT2D eigenvalue weighted by atomic mass is 16.6. The van der Waals surface area contributed by atoms with Crippen molar-refractivity contribution in [3.63, 3.8) is 0 Å². The van der Waals surface area contributed by atoms with Gasteiger partial charge in [-0.25, -0.2) is 0 Å². The van der Waals surface area contributed by atoms with E-state index in [2.05, 4.69) is 6.58 Å². The largest absolute Gasteiger partial charge is 0.499 e. The molecule has 3 N–H and O–H groups in total. The third kappa shape index (κ3) is 4.78. The molecule has 1 aliphatic rings. The van der Waals surface area contributed by atoms with Crippen molar-refractivity contribution >= 4 is 0 Å². The van der Waals surface area contributed by atoms with E-state index >= 15 is 0 Å². The summed E-state index contributed by atoms with van der Waals surface area (Å²) in [6.45, 7) is 3.44. The van der Waals surface area contributed by atoms with Crippen molar-refractivity contribution in [2.45, 2.75) is 36.1 Å². The van der Waals surface area contributed by atoms with Crippen molar-refractivity contribution in [3.8, 4) is 0 Å². The summed E-state index contributed by atoms with van der Waals surface area (Å²) in [7, 11) is 0. The van der Waals surface area contributed by atoms with Crippen molar-refractivity contribution in [1.29, 1.82) is 0 Å². The molecule has 178 valence electrons. The Hall–Kier alpha value is -3.00. The van der Waals surface area contributed by atoms with E-state index < -0.39 is 36.1 Å². The number of benzene rings is 3. The van der Waals surface area contributed by atoms with Crippen molar-refractivity contribution in [1.82, 2.24) is 0 Å². The lowest BCUT2D eigenvalue weighted by atomic mass is 9.80. The van der Waals surface area contributed by atoms with Crippen LogP contribution in [0.4, 0.5) is 0 Å². The second-order valence-electron chi connectivity index (χ2n) is 8.28. The average Bonchev–Trinajstić information content (AvgIpc) is 2.90. The topological polar surface area (TPSA) is 88.4 Å². The van der Waals surface area contributed by atoms with E-state index in [1.807, 2.05) is 91.0 Å². The number of rotatable bonds is 9. The van der Waals surface area contributed by atoms with Gasteiger partial charge in [-0.05, 0) is 16.7 Å². The van der Waals surface area contributed by atoms with Gasteiger partial charge in [0.25, 0.3) is 0 Å². The van der Waals surface area contributed by atoms with E-state index in [1.165, 1.54) is 6.26 Å². The van der Waals surface area contributed by atoms with Crippen LogP contribution < -0.4 is 0 Å². The molecule has 4 rings (SSSR count). The van der Waals surface area contributed by atoms with Crippen molar-refractivity contribution in [2.75, 3.05) is 13.2 Å². The first-order chi connectivity index (χ1) is 16.6. The number of hydrogen-bond donors (Lipinski definition) is 3. The molecule has 0 radical (unpaired) electrons. The quantitative estimate of drug-likeness (QED) is 0.335. The van der Waals surface area contributed by atoms with Crippen molar-refractivity contribution in [3.05, 3.63) is 121 Å². The number of ether oxygens (including phenoxy) is 3. The van der Waals surface area contributed by atoms with Crippen LogP contribution in [0.25, 0.3) is 0 Å². The fraction of sp³-hybridized carbons (Fsp3) is 0.286. The van der Waals surface area contributed by atoms with Gasteiger partial charge >= 0.3 is 0 Å². The lowest BCUT2D eigenvalue weighted by molar-refractivity contribution is -0.244. The van der Waals surface area contributed by atoms with Gasteiger partial charge in [-0.15, -0.1) is 0 Å². The summed E-state index contributed by atoms with van der Waals surface area (Å²) in [5, 5.41) is 31.5. The maximum absolute atomic E-state index is 10.7. The smallest absolute Gasteiger partial charge is 0.143 e. The molecule has 0 saturated carbocycles. The third-order valence-corrected chi connectivity index (χ3v) is 6.19. The molecule has 6 heteroatoms. The van der Waals surface area contributed by atoms with Gasteiger partial charge in [0.2, 0.25) is 0 Å². The first kappa shape index (κ1) is 24.1. The minimum absolute atomic E-state index is 0.00779. The second kappa shape index (κ2) is 11.0. The standard InChI is InChI=1S/C28H30O6/c1-2-32-18-23-25(29)27(31)26(30)24(34-23)19-33-28(20-12-6-3-7-13-20,21-14-8-4-9-15-21)22-16-10-5-11-17-22/h2-17,23-27,29-31H,1,18-19H2/t23?,24-,25+,26-,27-/m1/s1. The number of hydrogen-bond acceptors (Lipinski definition) is 6. The zero-order valence-corrected chi connectivity index (χ0v) is 18.8. The Labute approximate surface area is 199 Å². The fourth-order valence-corrected chi connectivity index (χ4v) is 4.44. The Balaban J connectivity index is 1.73. The van der Waals surface area contributed by atoms with Crippen LogP contribution in [-0.4, -0.2) is 59.1 Å². The first-order valence-electron chi connectivity index (χ1n) is 11.3. The minimum atomic E-state index is -1.40. The first-order valence-corrected chi connectivity index (χ1v) is 11.3. The van der Waals surface area contributed by atoms with Gasteiger partial charge in [0.15, 0.2) is 0 Å². The van der Waals surface area contributed by atoms with Gasteiger partial charge in [-0.3, -0.25) is 0 Å². The van der Waals surface area contributed by atoms with Gasteiger partial charge in [-0.2, -0.15) is 0 Å². The number of aliphatic hydroxyl groups is 3. The Morgan fingerprint density at radius 2 is 1.09 bits per heavy atom. The predicted octanol–water partition coefficient (Wildman–Crippen LogP) is 3.01. The predicted molar refractivity (Wildman–Crippen MR) is 128 cm³/mol. The Bertz CT molecular complexity index is 930. The number of aliphatic hydroxyl groups excluding tert-OH is 3. The van der Waals surface area contributed by atoms with E-state index in [1.54, 1.807) is 0 Å². The molecule has 0 spiro atoms. The SMILES string of the molecule is C=COCC1O[C@H](COC(c2ccccc2)(c2ccccc2)c2ccccc2)[C@@H](O)[C@H](O)[C@H]1O. The Kier molecular flexibility index (Phi) is 7.77. The minimum Gasteiger partial charge on any atom is -0.499 e. The van der Waals surface area contributed by atoms with Crippen LogP contribution in [0, 0.1) is 0 Å². The molecule has 1 saturated heterocycles. The highest BCUT2D eigenvalue weighted by molar-refractivity contribution is 5.47. The highest BCUT2D eigenvalue weighted by Crippen LogP contribution is 2.41. The van der Waals surface area contributed by atoms with Gasteiger partial charge in [0, 0.05) is 0 Å². The molecule has 1 heterocycles. The van der Waals surface area contributed by atoms with E-state index in [9.17, 15) is 15.3 Å². The molecule has 1 unspecified atom stereocenters. The molecule has 0 bridgehead atoms. The highest BCUT2D eigenvalue weighted by Gasteiger charge is 2.46. The van der Waals surface area contributed by atoms with Gasteiger partial charge in [-0.1, -0.05) is 97.6 Å². The van der Waals surface area contributed by atoms with Crippen LogP contribution in [0.3, 0.4) is 0 Å². The van der Waals surface area contributed by atoms with Gasteiger partial charge < -0.3 is 29.5 Å². The van der Waals surface area contributed by atoms with E-state index in [0.29, 0.717) is 0 Å². The van der Waals surface area contributed by atoms with E-state index in [4.69, 9.17) is 14.2 Å². The lowest BCUT2D eigenvalue weighted by Crippen LogP contribution is -2.60. The average molecular weight is 463 g/mol. The molecule has 34 heavy (non-hydrogen) atoms. The molecule has 3 aromatic rings. The van der Waals surface area contributed by atoms with Crippen LogP contribution in [0.1, 0.15) is 16.7 Å².